The summed E-state index contributed by atoms with van der Waals surface area (Å²) in [7, 11) is -2.92. The van der Waals surface area contributed by atoms with Gasteiger partial charge in [-0.05, 0) is 34.7 Å². The standard InChI is InChI=1S/C50H85NO3Si/c1-6-8-10-12-14-16-18-20-22-24-26-28-36-42-48(54-55(50(3,4)5,45-38-32-30-33-39-45)46-40-34-31-35-41-46)47(44-52)51-49(53)43-37-29-27-25-23-21-19-17-15-13-11-9-7-2/h30-36,38-42,47-48,52H,6-29,37,43-44H2,1-5H3,(H,51,53)/t47-,48+/m0/s1. The van der Waals surface area contributed by atoms with Crippen molar-refractivity contribution < 1.29 is 14.3 Å². The quantitative estimate of drug-likeness (QED) is 0.0423. The van der Waals surface area contributed by atoms with Gasteiger partial charge in [0.2, 0.25) is 5.91 Å². The Morgan fingerprint density at radius 3 is 1.38 bits per heavy atom. The maximum Gasteiger partial charge on any atom is 0.261 e. The molecule has 0 aliphatic heterocycles. The van der Waals surface area contributed by atoms with Crippen molar-refractivity contribution in [3.63, 3.8) is 0 Å². The first-order valence-electron chi connectivity index (χ1n) is 23.2. The van der Waals surface area contributed by atoms with Crippen molar-refractivity contribution in [1.29, 1.82) is 0 Å². The van der Waals surface area contributed by atoms with Gasteiger partial charge in [-0.2, -0.15) is 0 Å². The molecule has 0 saturated carbocycles. The Morgan fingerprint density at radius 2 is 1.00 bits per heavy atom. The van der Waals surface area contributed by atoms with Gasteiger partial charge in [0, 0.05) is 6.42 Å². The minimum atomic E-state index is -2.92. The highest BCUT2D eigenvalue weighted by molar-refractivity contribution is 6.99. The van der Waals surface area contributed by atoms with E-state index < -0.39 is 20.5 Å². The van der Waals surface area contributed by atoms with E-state index in [1.807, 2.05) is 0 Å². The van der Waals surface area contributed by atoms with E-state index in [-0.39, 0.29) is 17.6 Å². The van der Waals surface area contributed by atoms with Gasteiger partial charge in [0.05, 0.1) is 18.8 Å². The first kappa shape index (κ1) is 48.9. The number of nitrogens with one attached hydrogen (secondary N) is 1. The van der Waals surface area contributed by atoms with Crippen LogP contribution in [0.5, 0.6) is 0 Å². The number of carbonyl (C=O) groups excluding carboxylic acids is 1. The molecule has 2 rings (SSSR count). The maximum atomic E-state index is 13.4. The highest BCUT2D eigenvalue weighted by Gasteiger charge is 2.52. The van der Waals surface area contributed by atoms with Crippen LogP contribution in [-0.4, -0.2) is 38.1 Å². The second-order valence-electron chi connectivity index (χ2n) is 17.3. The fraction of sp³-hybridized carbons (Fsp3) is 0.700. The number of unbranched alkanes of at least 4 members (excludes halogenated alkanes) is 23. The number of hydrogen-bond acceptors (Lipinski definition) is 3. The molecule has 4 nitrogen and oxygen atoms in total. The minimum Gasteiger partial charge on any atom is -0.399 e. The number of carbonyl (C=O) groups is 1. The predicted octanol–water partition coefficient (Wildman–Crippen LogP) is 13.1. The Hall–Kier alpha value is -2.21. The monoisotopic (exact) mass is 776 g/mol. The lowest BCUT2D eigenvalue weighted by Crippen LogP contribution is -2.69. The second kappa shape index (κ2) is 30.9. The van der Waals surface area contributed by atoms with Crippen LogP contribution < -0.4 is 15.7 Å². The molecule has 312 valence electrons. The van der Waals surface area contributed by atoms with Gasteiger partial charge in [-0.3, -0.25) is 4.79 Å². The summed E-state index contributed by atoms with van der Waals surface area (Å²) < 4.78 is 7.54. The summed E-state index contributed by atoms with van der Waals surface area (Å²) in [6.07, 6.45) is 36.7. The molecule has 2 atom stereocenters. The molecule has 1 amide bonds. The molecule has 0 saturated heterocycles. The van der Waals surface area contributed by atoms with Crippen LogP contribution in [0.4, 0.5) is 0 Å². The largest absolute Gasteiger partial charge is 0.399 e. The fourth-order valence-electron chi connectivity index (χ4n) is 8.12. The molecule has 0 bridgehead atoms. The highest BCUT2D eigenvalue weighted by Crippen LogP contribution is 2.38. The third-order valence-corrected chi connectivity index (χ3v) is 16.5. The van der Waals surface area contributed by atoms with Gasteiger partial charge < -0.3 is 14.8 Å². The van der Waals surface area contributed by atoms with Crippen molar-refractivity contribution in [3.8, 4) is 0 Å². The second-order valence-corrected chi connectivity index (χ2v) is 21.6. The zero-order valence-corrected chi connectivity index (χ0v) is 37.4. The van der Waals surface area contributed by atoms with E-state index in [9.17, 15) is 9.90 Å². The van der Waals surface area contributed by atoms with E-state index >= 15 is 0 Å². The van der Waals surface area contributed by atoms with Crippen LogP contribution in [0.2, 0.25) is 5.04 Å². The van der Waals surface area contributed by atoms with Crippen LogP contribution in [0.3, 0.4) is 0 Å². The topological polar surface area (TPSA) is 58.6 Å². The third-order valence-electron chi connectivity index (χ3n) is 11.5. The molecular formula is C50H85NO3Si. The Labute approximate surface area is 341 Å². The molecule has 2 N–H and O–H groups in total. The molecule has 2 aromatic carbocycles. The number of benzene rings is 2. The molecular weight excluding hydrogens is 691 g/mol. The van der Waals surface area contributed by atoms with Gasteiger partial charge in [-0.15, -0.1) is 0 Å². The molecule has 0 fully saturated rings. The summed E-state index contributed by atoms with van der Waals surface area (Å²) in [5.74, 6) is 0.0111. The third kappa shape index (κ3) is 20.2. The Kier molecular flexibility index (Phi) is 27.5. The molecule has 0 aliphatic rings. The fourth-order valence-corrected chi connectivity index (χ4v) is 12.8. The van der Waals surface area contributed by atoms with Crippen molar-refractivity contribution >= 4 is 24.6 Å². The Morgan fingerprint density at radius 1 is 0.618 bits per heavy atom. The summed E-state index contributed by atoms with van der Waals surface area (Å²) in [6.45, 7) is 11.2. The Balaban J connectivity index is 2.04. The number of allylic oxidation sites excluding steroid dienone is 1. The van der Waals surface area contributed by atoms with Gasteiger partial charge in [0.1, 0.15) is 0 Å². The first-order valence-corrected chi connectivity index (χ1v) is 25.1. The van der Waals surface area contributed by atoms with Crippen LogP contribution in [0.1, 0.15) is 202 Å². The summed E-state index contributed by atoms with van der Waals surface area (Å²) in [4.78, 5) is 13.4. The van der Waals surface area contributed by atoms with E-state index in [1.54, 1.807) is 0 Å². The van der Waals surface area contributed by atoms with Crippen molar-refractivity contribution in [2.75, 3.05) is 6.61 Å². The van der Waals surface area contributed by atoms with Crippen molar-refractivity contribution in [2.24, 2.45) is 0 Å². The van der Waals surface area contributed by atoms with Crippen LogP contribution in [0.15, 0.2) is 72.8 Å². The van der Waals surface area contributed by atoms with Crippen LogP contribution in [0.25, 0.3) is 0 Å². The molecule has 0 radical (unpaired) electrons. The SMILES string of the molecule is CCCCCCCCCCCCCC=C[C@@H](O[Si](c1ccccc1)(c1ccccc1)C(C)(C)C)[C@H](CO)NC(=O)CCCCCCCCCCCCCCC. The Bertz CT molecular complexity index is 1170. The summed E-state index contributed by atoms with van der Waals surface area (Å²) in [6, 6.07) is 20.8. The smallest absolute Gasteiger partial charge is 0.261 e. The van der Waals surface area contributed by atoms with Crippen molar-refractivity contribution in [2.45, 2.75) is 219 Å². The molecule has 0 unspecified atom stereocenters. The van der Waals surface area contributed by atoms with Gasteiger partial charge in [-0.25, -0.2) is 0 Å². The molecule has 0 aliphatic carbocycles. The van der Waals surface area contributed by atoms with Gasteiger partial charge in [0.25, 0.3) is 8.32 Å². The number of rotatable bonds is 34. The number of aliphatic hydroxyl groups excluding tert-OH is 1. The number of hydrogen-bond donors (Lipinski definition) is 2. The lowest BCUT2D eigenvalue weighted by atomic mass is 10.0. The normalized spacial score (nSPS) is 13.3. The minimum absolute atomic E-state index is 0.0111. The molecule has 55 heavy (non-hydrogen) atoms. The van der Waals surface area contributed by atoms with E-state index in [2.05, 4.69) is 113 Å². The molecule has 0 heterocycles. The average molecular weight is 776 g/mol. The molecule has 5 heteroatoms. The predicted molar refractivity (Wildman–Crippen MR) is 242 cm³/mol. The zero-order chi connectivity index (χ0) is 39.9. The average Bonchev–Trinajstić information content (AvgIpc) is 3.19. The molecule has 0 aromatic heterocycles. The van der Waals surface area contributed by atoms with E-state index in [4.69, 9.17) is 4.43 Å². The van der Waals surface area contributed by atoms with Crippen LogP contribution in [-0.2, 0) is 9.22 Å². The van der Waals surface area contributed by atoms with Crippen molar-refractivity contribution in [3.05, 3.63) is 72.8 Å². The van der Waals surface area contributed by atoms with Crippen LogP contribution >= 0.6 is 0 Å². The van der Waals surface area contributed by atoms with E-state index in [0.717, 1.165) is 25.7 Å². The lowest BCUT2D eigenvalue weighted by molar-refractivity contribution is -0.122. The summed E-state index contributed by atoms with van der Waals surface area (Å²) in [5, 5.41) is 16.3. The van der Waals surface area contributed by atoms with Crippen molar-refractivity contribution in [1.82, 2.24) is 5.32 Å². The van der Waals surface area contributed by atoms with E-state index in [0.29, 0.717) is 6.42 Å². The van der Waals surface area contributed by atoms with Gasteiger partial charge >= 0.3 is 0 Å². The first-order chi connectivity index (χ1) is 26.8. The summed E-state index contributed by atoms with van der Waals surface area (Å²) >= 11 is 0. The van der Waals surface area contributed by atoms with Crippen LogP contribution in [0, 0.1) is 0 Å². The highest BCUT2D eigenvalue weighted by atomic mass is 28.4. The number of amides is 1. The zero-order valence-electron chi connectivity index (χ0n) is 36.4. The maximum absolute atomic E-state index is 13.4. The van der Waals surface area contributed by atoms with Gasteiger partial charge in [-0.1, -0.05) is 249 Å². The lowest BCUT2D eigenvalue weighted by Gasteiger charge is -2.46. The molecule has 0 spiro atoms. The van der Waals surface area contributed by atoms with E-state index in [1.165, 1.54) is 145 Å². The number of aliphatic hydroxyl groups is 1. The molecule has 2 aromatic rings. The van der Waals surface area contributed by atoms with Gasteiger partial charge in [0.15, 0.2) is 0 Å². The summed E-state index contributed by atoms with van der Waals surface area (Å²) in [5.41, 5.74) is 0.